The first-order valence-electron chi connectivity index (χ1n) is 6.57. The van der Waals surface area contributed by atoms with Crippen molar-refractivity contribution < 1.29 is 8.42 Å². The molecule has 0 aromatic rings. The minimum Gasteiger partial charge on any atom is -0.202 e. The molecule has 0 radical (unpaired) electrons. The summed E-state index contributed by atoms with van der Waals surface area (Å²) in [4.78, 5) is 0. The predicted octanol–water partition coefficient (Wildman–Crippen LogP) is 2.21. The van der Waals surface area contributed by atoms with E-state index < -0.39 is 10.2 Å². The van der Waals surface area contributed by atoms with E-state index in [1.165, 1.54) is 0 Å². The Morgan fingerprint density at radius 3 is 2.39 bits per heavy atom. The number of halogens is 1. The molecule has 0 aliphatic carbocycles. The summed E-state index contributed by atoms with van der Waals surface area (Å²) in [6.07, 6.45) is 2.70. The fraction of sp³-hybridized carbons (Fsp3) is 1.00. The molecule has 0 amide bonds. The average molecular weight is 297 g/mol. The van der Waals surface area contributed by atoms with Crippen molar-refractivity contribution in [3.63, 3.8) is 0 Å². The Morgan fingerprint density at radius 2 is 1.89 bits per heavy atom. The molecule has 1 aliphatic heterocycles. The summed E-state index contributed by atoms with van der Waals surface area (Å²) in [5.74, 6) is 1.18. The molecule has 0 bridgehead atoms. The van der Waals surface area contributed by atoms with Gasteiger partial charge in [0.1, 0.15) is 0 Å². The van der Waals surface area contributed by atoms with E-state index >= 15 is 0 Å². The smallest absolute Gasteiger partial charge is 0.202 e. The van der Waals surface area contributed by atoms with E-state index in [4.69, 9.17) is 11.6 Å². The van der Waals surface area contributed by atoms with E-state index in [9.17, 15) is 8.42 Å². The number of hydrogen-bond acceptors (Lipinski definition) is 2. The molecule has 0 unspecified atom stereocenters. The molecular weight excluding hydrogens is 272 g/mol. The minimum atomic E-state index is -3.32. The van der Waals surface area contributed by atoms with Gasteiger partial charge in [-0.15, -0.1) is 11.6 Å². The minimum absolute atomic E-state index is 0.0993. The lowest BCUT2D eigenvalue weighted by Gasteiger charge is -2.31. The van der Waals surface area contributed by atoms with Gasteiger partial charge in [0.2, 0.25) is 0 Å². The van der Waals surface area contributed by atoms with Gasteiger partial charge < -0.3 is 0 Å². The van der Waals surface area contributed by atoms with Crippen LogP contribution in [0.4, 0.5) is 0 Å². The van der Waals surface area contributed by atoms with E-state index in [0.29, 0.717) is 31.4 Å². The quantitative estimate of drug-likeness (QED) is 0.764. The van der Waals surface area contributed by atoms with Crippen LogP contribution >= 0.6 is 11.6 Å². The maximum Gasteiger partial charge on any atom is 0.279 e. The van der Waals surface area contributed by atoms with Gasteiger partial charge in [-0.2, -0.15) is 12.7 Å². The molecule has 1 fully saturated rings. The third-order valence-electron chi connectivity index (χ3n) is 3.59. The summed E-state index contributed by atoms with van der Waals surface area (Å²) in [6.45, 7) is 7.92. The summed E-state index contributed by atoms with van der Waals surface area (Å²) in [5, 5.41) is 0. The first-order chi connectivity index (χ1) is 8.27. The van der Waals surface area contributed by atoms with Gasteiger partial charge in [0, 0.05) is 25.5 Å². The van der Waals surface area contributed by atoms with E-state index in [0.717, 1.165) is 19.3 Å². The molecule has 1 aliphatic rings. The Labute approximate surface area is 116 Å². The van der Waals surface area contributed by atoms with Crippen LogP contribution in [0, 0.1) is 11.3 Å². The molecule has 6 heteroatoms. The predicted molar refractivity (Wildman–Crippen MR) is 76.0 cm³/mol. The number of hydrogen-bond donors (Lipinski definition) is 1. The van der Waals surface area contributed by atoms with Crippen LogP contribution in [-0.4, -0.2) is 38.2 Å². The second-order valence-electron chi connectivity index (χ2n) is 6.01. The van der Waals surface area contributed by atoms with Crippen molar-refractivity contribution in [2.45, 2.75) is 40.0 Å². The van der Waals surface area contributed by atoms with E-state index in [1.807, 2.05) is 13.8 Å². The Morgan fingerprint density at radius 1 is 1.33 bits per heavy atom. The molecule has 18 heavy (non-hydrogen) atoms. The molecule has 0 saturated carbocycles. The van der Waals surface area contributed by atoms with Gasteiger partial charge in [-0.1, -0.05) is 20.8 Å². The van der Waals surface area contributed by atoms with Crippen LogP contribution in [0.3, 0.4) is 0 Å². The summed E-state index contributed by atoms with van der Waals surface area (Å²) in [6, 6.07) is 0. The van der Waals surface area contributed by atoms with Crippen LogP contribution in [-0.2, 0) is 10.2 Å². The molecule has 1 rings (SSSR count). The summed E-state index contributed by atoms with van der Waals surface area (Å²) in [5.41, 5.74) is -0.0993. The van der Waals surface area contributed by atoms with Gasteiger partial charge in [0.05, 0.1) is 0 Å². The lowest BCUT2D eigenvalue weighted by atomic mass is 9.91. The molecule has 1 heterocycles. The van der Waals surface area contributed by atoms with Gasteiger partial charge >= 0.3 is 0 Å². The van der Waals surface area contributed by atoms with Crippen LogP contribution in [0.5, 0.6) is 0 Å². The van der Waals surface area contributed by atoms with Crippen LogP contribution in [0.15, 0.2) is 0 Å². The highest BCUT2D eigenvalue weighted by Crippen LogP contribution is 2.21. The van der Waals surface area contributed by atoms with E-state index in [-0.39, 0.29) is 5.41 Å². The highest BCUT2D eigenvalue weighted by molar-refractivity contribution is 7.87. The molecule has 108 valence electrons. The zero-order valence-electron chi connectivity index (χ0n) is 11.6. The second kappa shape index (κ2) is 6.55. The molecule has 1 N–H and O–H groups in total. The Balaban J connectivity index is 2.50. The first kappa shape index (κ1) is 16.2. The standard InChI is InChI=1S/C12H25ClN2O2S/c1-11-4-8-15(9-5-11)18(16,17)14-10-12(2,3)6-7-13/h11,14H,4-10H2,1-3H3. The van der Waals surface area contributed by atoms with Gasteiger partial charge in [-0.05, 0) is 30.6 Å². The SMILES string of the molecule is CC1CCN(S(=O)(=O)NCC(C)(C)CCCl)CC1. The molecule has 1 saturated heterocycles. The highest BCUT2D eigenvalue weighted by atomic mass is 35.5. The van der Waals surface area contributed by atoms with Crippen LogP contribution in [0.25, 0.3) is 0 Å². The largest absolute Gasteiger partial charge is 0.279 e. The van der Waals surface area contributed by atoms with Gasteiger partial charge in [-0.25, -0.2) is 4.72 Å². The van der Waals surface area contributed by atoms with Crippen molar-refractivity contribution in [3.05, 3.63) is 0 Å². The Hall–Kier alpha value is 0.160. The van der Waals surface area contributed by atoms with Crippen molar-refractivity contribution in [1.29, 1.82) is 0 Å². The van der Waals surface area contributed by atoms with Gasteiger partial charge in [0.25, 0.3) is 10.2 Å². The van der Waals surface area contributed by atoms with Crippen LogP contribution in [0.2, 0.25) is 0 Å². The summed E-state index contributed by atoms with van der Waals surface area (Å²) < 4.78 is 28.5. The maximum absolute atomic E-state index is 12.1. The van der Waals surface area contributed by atoms with Crippen LogP contribution < -0.4 is 4.72 Å². The zero-order valence-corrected chi connectivity index (χ0v) is 13.1. The van der Waals surface area contributed by atoms with Gasteiger partial charge in [0.15, 0.2) is 0 Å². The number of nitrogens with zero attached hydrogens (tertiary/aromatic N) is 1. The number of piperidine rings is 1. The van der Waals surface area contributed by atoms with E-state index in [2.05, 4.69) is 11.6 Å². The molecule has 0 aromatic heterocycles. The molecule has 0 atom stereocenters. The van der Waals surface area contributed by atoms with Crippen molar-refractivity contribution in [2.24, 2.45) is 11.3 Å². The summed E-state index contributed by atoms with van der Waals surface area (Å²) in [7, 11) is -3.32. The zero-order chi connectivity index (χ0) is 13.8. The normalized spacial score (nSPS) is 20.2. The second-order valence-corrected chi connectivity index (χ2v) is 8.14. The number of rotatable bonds is 6. The average Bonchev–Trinajstić information content (AvgIpc) is 2.27. The maximum atomic E-state index is 12.1. The monoisotopic (exact) mass is 296 g/mol. The van der Waals surface area contributed by atoms with Crippen molar-refractivity contribution in [1.82, 2.24) is 9.03 Å². The van der Waals surface area contributed by atoms with Gasteiger partial charge in [-0.3, -0.25) is 0 Å². The fourth-order valence-electron chi connectivity index (χ4n) is 1.95. The number of nitrogens with one attached hydrogen (secondary N) is 1. The topological polar surface area (TPSA) is 49.4 Å². The number of alkyl halides is 1. The molecule has 4 nitrogen and oxygen atoms in total. The molecular formula is C12H25ClN2O2S. The molecule has 0 spiro atoms. The Kier molecular flexibility index (Phi) is 5.90. The van der Waals surface area contributed by atoms with Crippen molar-refractivity contribution >= 4 is 21.8 Å². The fourth-order valence-corrected chi connectivity index (χ4v) is 3.91. The lowest BCUT2D eigenvalue weighted by molar-refractivity contribution is 0.279. The van der Waals surface area contributed by atoms with Crippen molar-refractivity contribution in [3.8, 4) is 0 Å². The third-order valence-corrected chi connectivity index (χ3v) is 5.33. The third kappa shape index (κ3) is 5.03. The highest BCUT2D eigenvalue weighted by Gasteiger charge is 2.28. The first-order valence-corrected chi connectivity index (χ1v) is 8.55. The summed E-state index contributed by atoms with van der Waals surface area (Å²) >= 11 is 5.71. The Bertz CT molecular complexity index is 349. The molecule has 0 aromatic carbocycles. The lowest BCUT2D eigenvalue weighted by Crippen LogP contribution is -2.47. The van der Waals surface area contributed by atoms with Crippen LogP contribution in [0.1, 0.15) is 40.0 Å². The van der Waals surface area contributed by atoms with E-state index in [1.54, 1.807) is 4.31 Å². The van der Waals surface area contributed by atoms with Crippen molar-refractivity contribution in [2.75, 3.05) is 25.5 Å².